The van der Waals surface area contributed by atoms with Crippen molar-refractivity contribution in [1.29, 1.82) is 0 Å². The molecule has 17 heavy (non-hydrogen) atoms. The molecule has 0 saturated carbocycles. The van der Waals surface area contributed by atoms with Gasteiger partial charge in [0.1, 0.15) is 0 Å². The first-order valence-electron chi connectivity index (χ1n) is 5.46. The van der Waals surface area contributed by atoms with E-state index in [9.17, 15) is 4.79 Å². The second-order valence-corrected chi connectivity index (χ2v) is 3.48. The molecule has 96 valence electrons. The van der Waals surface area contributed by atoms with Crippen molar-refractivity contribution in [2.45, 2.75) is 33.6 Å². The molecular weight excluding hydrogens is 242 g/mol. The highest BCUT2D eigenvalue weighted by molar-refractivity contribution is 6.30. The fourth-order valence-electron chi connectivity index (χ4n) is 1.23. The molecule has 0 bridgehead atoms. The molecule has 1 heterocycles. The number of hydrogen-bond acceptors (Lipinski definition) is 3. The number of hydrogen-bond donors (Lipinski definition) is 1. The Morgan fingerprint density at radius 1 is 1.53 bits per heavy atom. The third kappa shape index (κ3) is 5.04. The normalized spacial score (nSPS) is 9.24. The Kier molecular flexibility index (Phi) is 7.30. The minimum atomic E-state index is -0.830. The molecule has 1 aromatic rings. The largest absolute Gasteiger partial charge is 0.494 e. The van der Waals surface area contributed by atoms with Gasteiger partial charge in [-0.15, -0.1) is 0 Å². The van der Waals surface area contributed by atoms with Crippen molar-refractivity contribution in [3.8, 4) is 5.75 Å². The summed E-state index contributed by atoms with van der Waals surface area (Å²) in [7, 11) is 1.50. The highest BCUT2D eigenvalue weighted by Crippen LogP contribution is 2.25. The van der Waals surface area contributed by atoms with Gasteiger partial charge in [0.05, 0.1) is 7.11 Å². The summed E-state index contributed by atoms with van der Waals surface area (Å²) in [6.07, 6.45) is 0.509. The number of pyridine rings is 1. The molecule has 0 aliphatic carbocycles. The van der Waals surface area contributed by atoms with Crippen molar-refractivity contribution in [2.24, 2.45) is 0 Å². The molecule has 0 fully saturated rings. The van der Waals surface area contributed by atoms with Crippen molar-refractivity contribution in [3.63, 3.8) is 0 Å². The van der Waals surface area contributed by atoms with E-state index in [4.69, 9.17) is 21.4 Å². The minimum absolute atomic E-state index is 0.0767. The monoisotopic (exact) mass is 259 g/mol. The van der Waals surface area contributed by atoms with Crippen LogP contribution in [0.15, 0.2) is 6.07 Å². The summed E-state index contributed by atoms with van der Waals surface area (Å²) in [6.45, 7) is 5.79. The van der Waals surface area contributed by atoms with Gasteiger partial charge >= 0.3 is 5.97 Å². The number of nitrogens with zero attached hydrogens (tertiary/aromatic N) is 1. The molecular formula is C12H18ClNO3. The topological polar surface area (TPSA) is 59.4 Å². The average Bonchev–Trinajstić information content (AvgIpc) is 2.30. The third-order valence-corrected chi connectivity index (χ3v) is 2.34. The summed E-state index contributed by atoms with van der Waals surface area (Å²) < 4.78 is 5.01. The number of rotatable bonds is 4. The maximum atomic E-state index is 10.4. The predicted molar refractivity (Wildman–Crippen MR) is 67.8 cm³/mol. The lowest BCUT2D eigenvalue weighted by atomic mass is 10.1. The fourth-order valence-corrected chi connectivity index (χ4v) is 1.49. The number of aromatic nitrogens is 1. The van der Waals surface area contributed by atoms with Crippen LogP contribution in [0.5, 0.6) is 5.75 Å². The Morgan fingerprint density at radius 3 is 2.59 bits per heavy atom. The van der Waals surface area contributed by atoms with Crippen LogP contribution in [0.25, 0.3) is 0 Å². The molecule has 0 aliphatic heterocycles. The number of halogens is 1. The summed E-state index contributed by atoms with van der Waals surface area (Å²) in [5.41, 5.74) is 1.58. The number of carboxylic acids is 1. The van der Waals surface area contributed by atoms with Crippen molar-refractivity contribution >= 4 is 17.6 Å². The molecule has 0 atom stereocenters. The number of carbonyl (C=O) groups is 1. The van der Waals surface area contributed by atoms with Gasteiger partial charge in [0.15, 0.2) is 10.9 Å². The Morgan fingerprint density at radius 2 is 2.12 bits per heavy atom. The zero-order valence-electron chi connectivity index (χ0n) is 10.6. The van der Waals surface area contributed by atoms with Crippen LogP contribution in [0.1, 0.15) is 31.5 Å². The van der Waals surface area contributed by atoms with Crippen LogP contribution in [0, 0.1) is 6.92 Å². The van der Waals surface area contributed by atoms with E-state index in [1.54, 1.807) is 13.0 Å². The SMILES string of the molecule is CC.COc1cc(CCC(=O)O)c(C)nc1Cl. The van der Waals surface area contributed by atoms with Crippen LogP contribution >= 0.6 is 11.6 Å². The molecule has 0 saturated heterocycles. The quantitative estimate of drug-likeness (QED) is 0.844. The molecule has 0 unspecified atom stereocenters. The molecule has 0 radical (unpaired) electrons. The number of aliphatic carboxylic acids is 1. The third-order valence-electron chi connectivity index (χ3n) is 2.07. The Bertz CT molecular complexity index is 380. The van der Waals surface area contributed by atoms with Crippen LogP contribution in [-0.4, -0.2) is 23.2 Å². The molecule has 0 spiro atoms. The maximum absolute atomic E-state index is 10.4. The zero-order chi connectivity index (χ0) is 13.4. The minimum Gasteiger partial charge on any atom is -0.494 e. The molecule has 1 aromatic heterocycles. The first-order valence-corrected chi connectivity index (χ1v) is 5.84. The number of aryl methyl sites for hydroxylation is 2. The van der Waals surface area contributed by atoms with Crippen LogP contribution in [-0.2, 0) is 11.2 Å². The second-order valence-electron chi connectivity index (χ2n) is 3.12. The molecule has 0 aliphatic rings. The standard InChI is InChI=1S/C10H12ClNO3.C2H6/c1-6-7(3-4-9(13)14)5-8(15-2)10(11)12-6;1-2/h5H,3-4H2,1-2H3,(H,13,14);1-2H3. The van der Waals surface area contributed by atoms with Crippen molar-refractivity contribution < 1.29 is 14.6 Å². The number of ether oxygens (including phenoxy) is 1. The van der Waals surface area contributed by atoms with E-state index in [1.165, 1.54) is 7.11 Å². The lowest BCUT2D eigenvalue weighted by Crippen LogP contribution is -2.01. The predicted octanol–water partition coefficient (Wildman–Crippen LogP) is 3.10. The molecule has 5 heteroatoms. The van der Waals surface area contributed by atoms with E-state index in [0.29, 0.717) is 17.3 Å². The van der Waals surface area contributed by atoms with Gasteiger partial charge in [-0.3, -0.25) is 4.79 Å². The van der Waals surface area contributed by atoms with E-state index >= 15 is 0 Å². The molecule has 0 amide bonds. The van der Waals surface area contributed by atoms with Gasteiger partial charge in [0, 0.05) is 12.1 Å². The molecule has 4 nitrogen and oxygen atoms in total. The summed E-state index contributed by atoms with van der Waals surface area (Å²) in [5, 5.41) is 8.87. The van der Waals surface area contributed by atoms with Crippen LogP contribution in [0.3, 0.4) is 0 Å². The van der Waals surface area contributed by atoms with Crippen LogP contribution < -0.4 is 4.74 Å². The number of methoxy groups -OCH3 is 1. The van der Waals surface area contributed by atoms with Gasteiger partial charge in [-0.05, 0) is 25.0 Å². The summed E-state index contributed by atoms with van der Waals surface area (Å²) in [5.74, 6) is -0.356. The maximum Gasteiger partial charge on any atom is 0.303 e. The van der Waals surface area contributed by atoms with E-state index in [-0.39, 0.29) is 6.42 Å². The first-order chi connectivity index (χ1) is 8.04. The van der Waals surface area contributed by atoms with E-state index in [0.717, 1.165) is 11.3 Å². The Labute approximate surface area is 107 Å². The van der Waals surface area contributed by atoms with Gasteiger partial charge < -0.3 is 9.84 Å². The van der Waals surface area contributed by atoms with E-state index in [2.05, 4.69) is 4.98 Å². The van der Waals surface area contributed by atoms with Crippen molar-refractivity contribution in [2.75, 3.05) is 7.11 Å². The highest BCUT2D eigenvalue weighted by atomic mass is 35.5. The van der Waals surface area contributed by atoms with Gasteiger partial charge in [-0.25, -0.2) is 4.98 Å². The zero-order valence-corrected chi connectivity index (χ0v) is 11.3. The average molecular weight is 260 g/mol. The van der Waals surface area contributed by atoms with Gasteiger partial charge in [-0.1, -0.05) is 25.4 Å². The molecule has 1 N–H and O–H groups in total. The Balaban J connectivity index is 0.00000121. The molecule has 1 rings (SSSR count). The molecule has 0 aromatic carbocycles. The van der Waals surface area contributed by atoms with Crippen LogP contribution in [0.4, 0.5) is 0 Å². The Hall–Kier alpha value is -1.29. The summed E-state index contributed by atoms with van der Waals surface area (Å²) >= 11 is 5.81. The summed E-state index contributed by atoms with van der Waals surface area (Å²) in [4.78, 5) is 14.5. The van der Waals surface area contributed by atoms with Gasteiger partial charge in [-0.2, -0.15) is 0 Å². The number of carboxylic acid groups (broad SMARTS) is 1. The lowest BCUT2D eigenvalue weighted by molar-refractivity contribution is -0.136. The van der Waals surface area contributed by atoms with E-state index in [1.807, 2.05) is 13.8 Å². The van der Waals surface area contributed by atoms with Crippen molar-refractivity contribution in [1.82, 2.24) is 4.98 Å². The second kappa shape index (κ2) is 7.90. The van der Waals surface area contributed by atoms with Gasteiger partial charge in [0.2, 0.25) is 0 Å². The van der Waals surface area contributed by atoms with Crippen LogP contribution in [0.2, 0.25) is 5.15 Å². The summed E-state index contributed by atoms with van der Waals surface area (Å²) in [6, 6.07) is 1.73. The fraction of sp³-hybridized carbons (Fsp3) is 0.500. The first kappa shape index (κ1) is 15.7. The van der Waals surface area contributed by atoms with Crippen molar-refractivity contribution in [3.05, 3.63) is 22.5 Å². The van der Waals surface area contributed by atoms with E-state index < -0.39 is 5.97 Å². The lowest BCUT2D eigenvalue weighted by Gasteiger charge is -2.08. The smallest absolute Gasteiger partial charge is 0.303 e. The van der Waals surface area contributed by atoms with Gasteiger partial charge in [0.25, 0.3) is 0 Å². The highest BCUT2D eigenvalue weighted by Gasteiger charge is 2.09.